The predicted octanol–water partition coefficient (Wildman–Crippen LogP) is 2.48. The summed E-state index contributed by atoms with van der Waals surface area (Å²) in [4.78, 5) is 0. The van der Waals surface area contributed by atoms with E-state index in [1.165, 1.54) is 0 Å². The summed E-state index contributed by atoms with van der Waals surface area (Å²) in [6.45, 7) is 5.95. The molecule has 1 aromatic carbocycles. The number of hydrogen-bond donors (Lipinski definition) is 0. The van der Waals surface area contributed by atoms with Crippen LogP contribution in [0, 0.1) is 0 Å². The van der Waals surface area contributed by atoms with Gasteiger partial charge in [0.15, 0.2) is 0 Å². The summed E-state index contributed by atoms with van der Waals surface area (Å²) in [5.41, 5.74) is 0. The van der Waals surface area contributed by atoms with Crippen molar-refractivity contribution in [1.82, 2.24) is 0 Å². The summed E-state index contributed by atoms with van der Waals surface area (Å²) in [5, 5.41) is 0.732. The van der Waals surface area contributed by atoms with Crippen LogP contribution in [-0.2, 0) is 14.1 Å². The standard InChI is InChI=1S/C11H17O3PS/c1-11(2,3)15(14-16(4,12)13)10-8-6-5-7-9-10/h5-9H,1-4H3/t15-/m0/s1. The van der Waals surface area contributed by atoms with Crippen molar-refractivity contribution in [3.8, 4) is 0 Å². The molecule has 0 unspecified atom stereocenters. The van der Waals surface area contributed by atoms with Gasteiger partial charge in [-0.15, -0.1) is 0 Å². The van der Waals surface area contributed by atoms with E-state index < -0.39 is 18.3 Å². The van der Waals surface area contributed by atoms with Gasteiger partial charge in [0.05, 0.1) is 14.4 Å². The van der Waals surface area contributed by atoms with Crippen molar-refractivity contribution in [3.05, 3.63) is 30.3 Å². The molecule has 5 heteroatoms. The summed E-state index contributed by atoms with van der Waals surface area (Å²) < 4.78 is 27.7. The molecule has 0 heterocycles. The topological polar surface area (TPSA) is 43.4 Å². The van der Waals surface area contributed by atoms with E-state index in [9.17, 15) is 8.42 Å². The van der Waals surface area contributed by atoms with E-state index in [2.05, 4.69) is 0 Å². The van der Waals surface area contributed by atoms with Crippen molar-refractivity contribution in [3.63, 3.8) is 0 Å². The third-order valence-electron chi connectivity index (χ3n) is 1.81. The first-order chi connectivity index (χ1) is 7.20. The minimum Gasteiger partial charge on any atom is -0.242 e. The van der Waals surface area contributed by atoms with E-state index in [4.69, 9.17) is 3.97 Å². The van der Waals surface area contributed by atoms with Gasteiger partial charge in [0.1, 0.15) is 0 Å². The largest absolute Gasteiger partial charge is 0.267 e. The minimum atomic E-state index is -3.43. The molecule has 0 amide bonds. The molecule has 0 aromatic heterocycles. The lowest BCUT2D eigenvalue weighted by atomic mass is 10.3. The average molecular weight is 260 g/mol. The molecule has 0 fully saturated rings. The first-order valence-electron chi connectivity index (χ1n) is 4.95. The van der Waals surface area contributed by atoms with E-state index in [0.29, 0.717) is 0 Å². The quantitative estimate of drug-likeness (QED) is 0.784. The van der Waals surface area contributed by atoms with Crippen LogP contribution in [0.5, 0.6) is 0 Å². The van der Waals surface area contributed by atoms with Gasteiger partial charge in [-0.25, -0.2) is 3.97 Å². The predicted molar refractivity (Wildman–Crippen MR) is 68.7 cm³/mol. The second-order valence-electron chi connectivity index (χ2n) is 4.58. The normalized spacial score (nSPS) is 14.8. The van der Waals surface area contributed by atoms with Gasteiger partial charge in [-0.1, -0.05) is 51.1 Å². The van der Waals surface area contributed by atoms with E-state index >= 15 is 0 Å². The smallest absolute Gasteiger partial charge is 0.242 e. The van der Waals surface area contributed by atoms with Gasteiger partial charge in [-0.05, 0) is 0 Å². The molecule has 90 valence electrons. The highest BCUT2D eigenvalue weighted by Gasteiger charge is 2.30. The van der Waals surface area contributed by atoms with Crippen LogP contribution in [-0.4, -0.2) is 19.8 Å². The Bertz CT molecular complexity index is 434. The summed E-state index contributed by atoms with van der Waals surface area (Å²) in [5.74, 6) is 0. The molecular weight excluding hydrogens is 243 g/mol. The van der Waals surface area contributed by atoms with Crippen LogP contribution in [0.3, 0.4) is 0 Å². The van der Waals surface area contributed by atoms with Crippen LogP contribution in [0.1, 0.15) is 20.8 Å². The van der Waals surface area contributed by atoms with Gasteiger partial charge < -0.3 is 0 Å². The molecule has 0 aliphatic heterocycles. The molecule has 1 atom stereocenters. The lowest BCUT2D eigenvalue weighted by Crippen LogP contribution is -2.22. The van der Waals surface area contributed by atoms with Crippen molar-refractivity contribution >= 4 is 23.6 Å². The van der Waals surface area contributed by atoms with Crippen molar-refractivity contribution < 1.29 is 12.4 Å². The molecule has 16 heavy (non-hydrogen) atoms. The molecule has 1 rings (SSSR count). The van der Waals surface area contributed by atoms with Crippen LogP contribution in [0.2, 0.25) is 0 Å². The molecule has 0 spiro atoms. The van der Waals surface area contributed by atoms with Crippen molar-refractivity contribution in [2.75, 3.05) is 6.26 Å². The fourth-order valence-electron chi connectivity index (χ4n) is 1.24. The summed E-state index contributed by atoms with van der Waals surface area (Å²) in [7, 11) is -4.60. The van der Waals surface area contributed by atoms with Gasteiger partial charge >= 0.3 is 0 Å². The lowest BCUT2D eigenvalue weighted by molar-refractivity contribution is 0.508. The third kappa shape index (κ3) is 4.20. The first kappa shape index (κ1) is 13.6. The monoisotopic (exact) mass is 260 g/mol. The molecule has 0 saturated heterocycles. The molecule has 0 bridgehead atoms. The fourth-order valence-corrected chi connectivity index (χ4v) is 4.78. The molecule has 1 aromatic rings. The minimum absolute atomic E-state index is 0.209. The van der Waals surface area contributed by atoms with Gasteiger partial charge in [0, 0.05) is 10.5 Å². The van der Waals surface area contributed by atoms with Crippen molar-refractivity contribution in [2.45, 2.75) is 25.9 Å². The summed E-state index contributed by atoms with van der Waals surface area (Å²) in [6.07, 6.45) is 1.09. The van der Waals surface area contributed by atoms with Gasteiger partial charge in [-0.2, -0.15) is 8.42 Å². The van der Waals surface area contributed by atoms with Crippen LogP contribution in [0.4, 0.5) is 0 Å². The third-order valence-corrected chi connectivity index (χ3v) is 5.48. The maximum absolute atomic E-state index is 11.3. The lowest BCUT2D eigenvalue weighted by Gasteiger charge is -2.29. The molecule has 0 radical (unpaired) electrons. The number of benzene rings is 1. The second-order valence-corrected chi connectivity index (χ2v) is 9.03. The highest BCUT2D eigenvalue weighted by atomic mass is 32.2. The Morgan fingerprint density at radius 1 is 1.12 bits per heavy atom. The zero-order valence-corrected chi connectivity index (χ0v) is 11.7. The Labute approximate surface area is 98.8 Å². The van der Waals surface area contributed by atoms with Gasteiger partial charge in [0.2, 0.25) is 0 Å². The average Bonchev–Trinajstić information content (AvgIpc) is 2.13. The number of hydrogen-bond acceptors (Lipinski definition) is 3. The SMILES string of the molecule is CC(C)(C)[P@@](OS(C)(=O)=O)c1ccccc1. The first-order valence-corrected chi connectivity index (χ1v) is 8.02. The Hall–Kier alpha value is -0.440. The van der Waals surface area contributed by atoms with Crippen molar-refractivity contribution in [2.24, 2.45) is 0 Å². The Morgan fingerprint density at radius 2 is 1.62 bits per heavy atom. The molecule has 3 nitrogen and oxygen atoms in total. The molecule has 0 N–H and O–H groups in total. The van der Waals surface area contributed by atoms with Crippen LogP contribution in [0.15, 0.2) is 30.3 Å². The zero-order valence-electron chi connectivity index (χ0n) is 9.97. The maximum Gasteiger partial charge on any atom is 0.267 e. The van der Waals surface area contributed by atoms with Gasteiger partial charge in [0.25, 0.3) is 10.1 Å². The Kier molecular flexibility index (Phi) is 4.11. The fraction of sp³-hybridized carbons (Fsp3) is 0.455. The highest BCUT2D eigenvalue weighted by molar-refractivity contribution is 7.91. The van der Waals surface area contributed by atoms with Crippen LogP contribution >= 0.6 is 8.15 Å². The molecule has 0 aliphatic carbocycles. The maximum atomic E-state index is 11.3. The van der Waals surface area contributed by atoms with E-state index in [0.717, 1.165) is 11.6 Å². The second kappa shape index (κ2) is 4.82. The Morgan fingerprint density at radius 3 is 2.00 bits per heavy atom. The van der Waals surface area contributed by atoms with Crippen LogP contribution < -0.4 is 5.30 Å². The van der Waals surface area contributed by atoms with E-state index in [1.807, 2.05) is 51.1 Å². The molecular formula is C11H17O3PS. The summed E-state index contributed by atoms with van der Waals surface area (Å²) >= 11 is 0. The summed E-state index contributed by atoms with van der Waals surface area (Å²) in [6, 6.07) is 9.49. The van der Waals surface area contributed by atoms with Crippen LogP contribution in [0.25, 0.3) is 0 Å². The Balaban J connectivity index is 3.08. The molecule has 0 aliphatic rings. The van der Waals surface area contributed by atoms with E-state index in [1.54, 1.807) is 0 Å². The molecule has 0 saturated carbocycles. The van der Waals surface area contributed by atoms with Crippen molar-refractivity contribution in [1.29, 1.82) is 0 Å². The van der Waals surface area contributed by atoms with E-state index in [-0.39, 0.29) is 5.16 Å². The number of rotatable bonds is 3. The zero-order chi connectivity index (χ0) is 12.4. The highest BCUT2D eigenvalue weighted by Crippen LogP contribution is 2.50. The van der Waals surface area contributed by atoms with Gasteiger partial charge in [-0.3, -0.25) is 0 Å².